The van der Waals surface area contributed by atoms with Crippen LogP contribution in [0.5, 0.6) is 0 Å². The van der Waals surface area contributed by atoms with E-state index < -0.39 is 15.7 Å². The maximum absolute atomic E-state index is 12.3. The molecule has 2 atom stereocenters. The lowest BCUT2D eigenvalue weighted by Crippen LogP contribution is -2.36. The van der Waals surface area contributed by atoms with Crippen molar-refractivity contribution in [2.45, 2.75) is 44.9 Å². The van der Waals surface area contributed by atoms with Gasteiger partial charge in [-0.15, -0.1) is 0 Å². The van der Waals surface area contributed by atoms with Gasteiger partial charge in [0.25, 0.3) is 0 Å². The van der Waals surface area contributed by atoms with Crippen LogP contribution in [0.1, 0.15) is 45.7 Å². The van der Waals surface area contributed by atoms with Gasteiger partial charge in [0.05, 0.1) is 34.8 Å². The largest absolute Gasteiger partial charge is 0.466 e. The van der Waals surface area contributed by atoms with Crippen molar-refractivity contribution in [3.63, 3.8) is 0 Å². The standard InChI is InChI=1S/C14H21BrN2O3S/c1-5-20-13(18)9-11(17-21(19)14(2,3)4)10-6-7-16-12(15)8-10/h6-8,11,17H,5,9H2,1-4H3/t11-,21?/m0/s1. The third-order valence-electron chi connectivity index (χ3n) is 2.63. The van der Waals surface area contributed by atoms with Gasteiger partial charge in [-0.1, -0.05) is 0 Å². The number of halogens is 1. The van der Waals surface area contributed by atoms with Crippen molar-refractivity contribution in [3.8, 4) is 0 Å². The quantitative estimate of drug-likeness (QED) is 0.612. The molecule has 1 aromatic rings. The first-order chi connectivity index (χ1) is 9.74. The maximum Gasteiger partial charge on any atom is 0.307 e. The molecule has 1 unspecified atom stereocenters. The first-order valence-corrected chi connectivity index (χ1v) is 8.63. The Morgan fingerprint density at radius 1 is 1.52 bits per heavy atom. The van der Waals surface area contributed by atoms with Crippen molar-refractivity contribution in [2.75, 3.05) is 6.61 Å². The molecule has 0 aromatic carbocycles. The monoisotopic (exact) mass is 376 g/mol. The minimum Gasteiger partial charge on any atom is -0.466 e. The highest BCUT2D eigenvalue weighted by atomic mass is 79.9. The Hall–Kier alpha value is -0.790. The predicted octanol–water partition coefficient (Wildman–Crippen LogP) is 2.89. The average molecular weight is 377 g/mol. The van der Waals surface area contributed by atoms with Crippen LogP contribution < -0.4 is 4.72 Å². The zero-order valence-corrected chi connectivity index (χ0v) is 15.1. The molecule has 0 aliphatic heterocycles. The van der Waals surface area contributed by atoms with Gasteiger partial charge >= 0.3 is 5.97 Å². The molecule has 118 valence electrons. The predicted molar refractivity (Wildman–Crippen MR) is 87.0 cm³/mol. The minimum atomic E-state index is -1.29. The van der Waals surface area contributed by atoms with Crippen molar-refractivity contribution in [1.29, 1.82) is 0 Å². The van der Waals surface area contributed by atoms with Crippen molar-refractivity contribution in [2.24, 2.45) is 0 Å². The molecule has 1 N–H and O–H groups in total. The Balaban J connectivity index is 2.94. The molecule has 1 rings (SSSR count). The Labute approximate surface area is 136 Å². The van der Waals surface area contributed by atoms with Crippen molar-refractivity contribution in [3.05, 3.63) is 28.5 Å². The molecule has 1 aromatic heterocycles. The van der Waals surface area contributed by atoms with Gasteiger partial charge < -0.3 is 4.74 Å². The van der Waals surface area contributed by atoms with Crippen LogP contribution in [0.15, 0.2) is 22.9 Å². The van der Waals surface area contributed by atoms with E-state index in [9.17, 15) is 9.00 Å². The second-order valence-electron chi connectivity index (χ2n) is 5.47. The van der Waals surface area contributed by atoms with Crippen LogP contribution in [-0.2, 0) is 20.5 Å². The number of ether oxygens (including phenoxy) is 1. The van der Waals surface area contributed by atoms with Crippen LogP contribution in [0.2, 0.25) is 0 Å². The van der Waals surface area contributed by atoms with Crippen LogP contribution >= 0.6 is 15.9 Å². The number of hydrogen-bond acceptors (Lipinski definition) is 4. The molecule has 7 heteroatoms. The minimum absolute atomic E-state index is 0.117. The van der Waals surface area contributed by atoms with Crippen LogP contribution in [0.4, 0.5) is 0 Å². The van der Waals surface area contributed by atoms with E-state index in [1.54, 1.807) is 25.3 Å². The van der Waals surface area contributed by atoms with Gasteiger partial charge in [0.15, 0.2) is 0 Å². The molecular weight excluding hydrogens is 356 g/mol. The van der Waals surface area contributed by atoms with Crippen molar-refractivity contribution in [1.82, 2.24) is 9.71 Å². The number of nitrogens with one attached hydrogen (secondary N) is 1. The Bertz CT molecular complexity index is 517. The molecule has 1 heterocycles. The molecule has 0 saturated carbocycles. The highest BCUT2D eigenvalue weighted by Crippen LogP contribution is 2.22. The summed E-state index contributed by atoms with van der Waals surface area (Å²) in [5.41, 5.74) is 0.836. The van der Waals surface area contributed by atoms with E-state index >= 15 is 0 Å². The first-order valence-electron chi connectivity index (χ1n) is 6.69. The first kappa shape index (κ1) is 18.3. The van der Waals surface area contributed by atoms with Crippen LogP contribution in [0, 0.1) is 0 Å². The van der Waals surface area contributed by atoms with Gasteiger partial charge in [-0.2, -0.15) is 0 Å². The number of carbonyl (C=O) groups is 1. The van der Waals surface area contributed by atoms with Crippen LogP contribution in [0.25, 0.3) is 0 Å². The molecule has 0 aliphatic rings. The van der Waals surface area contributed by atoms with E-state index in [-0.39, 0.29) is 18.4 Å². The zero-order valence-electron chi connectivity index (χ0n) is 12.7. The maximum atomic E-state index is 12.3. The Morgan fingerprint density at radius 2 is 2.19 bits per heavy atom. The molecular formula is C14H21BrN2O3S. The van der Waals surface area contributed by atoms with Gasteiger partial charge in [-0.3, -0.25) is 4.79 Å². The van der Waals surface area contributed by atoms with Gasteiger partial charge in [0.1, 0.15) is 4.60 Å². The number of carbonyl (C=O) groups excluding carboxylic acids is 1. The van der Waals surface area contributed by atoms with Crippen molar-refractivity contribution >= 4 is 32.9 Å². The third-order valence-corrected chi connectivity index (χ3v) is 4.68. The number of aromatic nitrogens is 1. The summed E-state index contributed by atoms with van der Waals surface area (Å²) in [7, 11) is -1.29. The number of hydrogen-bond donors (Lipinski definition) is 1. The second kappa shape index (κ2) is 8.00. The fourth-order valence-corrected chi connectivity index (χ4v) is 2.77. The van der Waals surface area contributed by atoms with E-state index in [1.165, 1.54) is 0 Å². The van der Waals surface area contributed by atoms with E-state index in [2.05, 4.69) is 25.6 Å². The molecule has 0 amide bonds. The summed E-state index contributed by atoms with van der Waals surface area (Å²) in [5, 5.41) is 0. The fourth-order valence-electron chi connectivity index (χ4n) is 1.55. The molecule has 21 heavy (non-hydrogen) atoms. The summed E-state index contributed by atoms with van der Waals surface area (Å²) in [6.45, 7) is 7.71. The summed E-state index contributed by atoms with van der Waals surface area (Å²) in [4.78, 5) is 15.8. The molecule has 0 fully saturated rings. The van der Waals surface area contributed by atoms with E-state index in [1.807, 2.05) is 20.8 Å². The Kier molecular flexibility index (Phi) is 6.96. The Morgan fingerprint density at radius 3 is 2.71 bits per heavy atom. The summed E-state index contributed by atoms with van der Waals surface area (Å²) in [5.74, 6) is -0.325. The normalized spacial score (nSPS) is 14.5. The smallest absolute Gasteiger partial charge is 0.307 e. The number of pyridine rings is 1. The van der Waals surface area contributed by atoms with Gasteiger partial charge in [-0.05, 0) is 61.3 Å². The topological polar surface area (TPSA) is 68.3 Å². The van der Waals surface area contributed by atoms with Crippen LogP contribution in [0.3, 0.4) is 0 Å². The summed E-state index contributed by atoms with van der Waals surface area (Å²) in [6, 6.07) is 3.21. The lowest BCUT2D eigenvalue weighted by Gasteiger charge is -2.24. The number of esters is 1. The summed E-state index contributed by atoms with van der Waals surface area (Å²) >= 11 is 3.30. The van der Waals surface area contributed by atoms with E-state index in [0.717, 1.165) is 5.56 Å². The van der Waals surface area contributed by atoms with E-state index in [4.69, 9.17) is 4.74 Å². The molecule has 0 bridgehead atoms. The zero-order chi connectivity index (χ0) is 16.0. The van der Waals surface area contributed by atoms with Gasteiger partial charge in [0.2, 0.25) is 0 Å². The lowest BCUT2D eigenvalue weighted by molar-refractivity contribution is -0.143. The molecule has 0 saturated heterocycles. The molecule has 0 aliphatic carbocycles. The highest BCUT2D eigenvalue weighted by molar-refractivity contribution is 9.10. The molecule has 0 spiro atoms. The second-order valence-corrected chi connectivity index (χ2v) is 8.28. The van der Waals surface area contributed by atoms with E-state index in [0.29, 0.717) is 11.2 Å². The van der Waals surface area contributed by atoms with Crippen LogP contribution in [-0.4, -0.2) is 26.5 Å². The van der Waals surface area contributed by atoms with Crippen molar-refractivity contribution < 1.29 is 13.7 Å². The summed E-state index contributed by atoms with van der Waals surface area (Å²) < 4.78 is 20.5. The van der Waals surface area contributed by atoms with Gasteiger partial charge in [0, 0.05) is 6.20 Å². The SMILES string of the molecule is CCOC(=O)C[C@H](NS(=O)C(C)(C)C)c1ccnc(Br)c1. The fraction of sp³-hybridized carbons (Fsp3) is 0.571. The third kappa shape index (κ3) is 6.23. The number of rotatable bonds is 6. The number of nitrogens with zero attached hydrogens (tertiary/aromatic N) is 1. The van der Waals surface area contributed by atoms with Gasteiger partial charge in [-0.25, -0.2) is 13.9 Å². The highest BCUT2D eigenvalue weighted by Gasteiger charge is 2.25. The molecule has 0 radical (unpaired) electrons. The lowest BCUT2D eigenvalue weighted by atomic mass is 10.1. The average Bonchev–Trinajstić information content (AvgIpc) is 2.37. The summed E-state index contributed by atoms with van der Waals surface area (Å²) in [6.07, 6.45) is 1.76. The molecule has 5 nitrogen and oxygen atoms in total.